The minimum Gasteiger partial charge on any atom is -0.494 e. The molecule has 0 radical (unpaired) electrons. The van der Waals surface area contributed by atoms with Gasteiger partial charge in [-0.3, -0.25) is 9.59 Å². The number of nitrogens with zero attached hydrogens (tertiary/aromatic N) is 1. The lowest BCUT2D eigenvalue weighted by molar-refractivity contribution is -0.112. The molecule has 1 saturated carbocycles. The van der Waals surface area contributed by atoms with Crippen LogP contribution < -0.4 is 14.8 Å². The zero-order valence-corrected chi connectivity index (χ0v) is 19.7. The highest BCUT2D eigenvalue weighted by Crippen LogP contribution is 2.32. The zero-order valence-electron chi connectivity index (χ0n) is 19.7. The fourth-order valence-corrected chi connectivity index (χ4v) is 3.57. The van der Waals surface area contributed by atoms with Crippen LogP contribution in [0.5, 0.6) is 11.6 Å². The Morgan fingerprint density at radius 3 is 2.69 bits per heavy atom. The fraction of sp³-hybridized carbons (Fsp3) is 0.250. The van der Waals surface area contributed by atoms with Crippen molar-refractivity contribution in [2.75, 3.05) is 13.7 Å². The summed E-state index contributed by atoms with van der Waals surface area (Å²) in [5.41, 5.74) is 3.27. The van der Waals surface area contributed by atoms with Gasteiger partial charge in [0.15, 0.2) is 17.3 Å². The third kappa shape index (κ3) is 6.32. The number of carbonyl (C=O) groups excluding carboxylic acids is 2. The molecule has 0 unspecified atom stereocenters. The van der Waals surface area contributed by atoms with E-state index in [-0.39, 0.29) is 29.9 Å². The molecule has 1 N–H and O–H groups in total. The van der Waals surface area contributed by atoms with Gasteiger partial charge in [0.05, 0.1) is 13.7 Å². The normalized spacial score (nSPS) is 13.0. The number of benzene rings is 2. The van der Waals surface area contributed by atoms with Crippen LogP contribution in [0.3, 0.4) is 0 Å². The van der Waals surface area contributed by atoms with Crippen molar-refractivity contribution in [3.8, 4) is 22.8 Å². The lowest BCUT2D eigenvalue weighted by atomic mass is 9.99. The molecule has 7 heteroatoms. The van der Waals surface area contributed by atoms with Crippen molar-refractivity contribution < 1.29 is 23.5 Å². The Balaban J connectivity index is 1.61. The van der Waals surface area contributed by atoms with Gasteiger partial charge < -0.3 is 14.8 Å². The summed E-state index contributed by atoms with van der Waals surface area (Å²) < 4.78 is 24.9. The van der Waals surface area contributed by atoms with E-state index in [9.17, 15) is 14.0 Å². The van der Waals surface area contributed by atoms with Crippen molar-refractivity contribution in [1.29, 1.82) is 0 Å². The van der Waals surface area contributed by atoms with Gasteiger partial charge in [0.1, 0.15) is 5.56 Å². The van der Waals surface area contributed by atoms with E-state index in [1.54, 1.807) is 24.4 Å². The monoisotopic (exact) mass is 474 g/mol. The van der Waals surface area contributed by atoms with Crippen LogP contribution >= 0.6 is 0 Å². The Hall–Kier alpha value is -4.00. The predicted molar refractivity (Wildman–Crippen MR) is 132 cm³/mol. The highest BCUT2D eigenvalue weighted by atomic mass is 19.1. The van der Waals surface area contributed by atoms with E-state index in [2.05, 4.69) is 10.3 Å². The second-order valence-corrected chi connectivity index (χ2v) is 8.51. The molecule has 1 aliphatic carbocycles. The summed E-state index contributed by atoms with van der Waals surface area (Å²) in [6.07, 6.45) is 7.13. The first kappa shape index (κ1) is 24.1. The number of methoxy groups -OCH3 is 1. The van der Waals surface area contributed by atoms with Crippen molar-refractivity contribution in [3.05, 3.63) is 83.3 Å². The molecule has 0 spiro atoms. The molecule has 1 aromatic heterocycles. The van der Waals surface area contributed by atoms with E-state index in [0.717, 1.165) is 24.0 Å². The highest BCUT2D eigenvalue weighted by Gasteiger charge is 2.24. The average molecular weight is 475 g/mol. The molecule has 0 bridgehead atoms. The van der Waals surface area contributed by atoms with Crippen LogP contribution in [0, 0.1) is 11.7 Å². The van der Waals surface area contributed by atoms with Gasteiger partial charge in [-0.25, -0.2) is 9.37 Å². The van der Waals surface area contributed by atoms with Crippen molar-refractivity contribution in [2.24, 2.45) is 5.92 Å². The summed E-state index contributed by atoms with van der Waals surface area (Å²) in [5.74, 6) is -0.0327. The third-order valence-electron chi connectivity index (χ3n) is 5.69. The third-order valence-corrected chi connectivity index (χ3v) is 5.69. The maximum absolute atomic E-state index is 14.0. The first-order chi connectivity index (χ1) is 16.9. The number of ketones is 1. The molecule has 6 nitrogen and oxygen atoms in total. The highest BCUT2D eigenvalue weighted by molar-refractivity contribution is 5.98. The summed E-state index contributed by atoms with van der Waals surface area (Å²) in [4.78, 5) is 29.1. The summed E-state index contributed by atoms with van der Waals surface area (Å²) in [6, 6.07) is 13.8. The van der Waals surface area contributed by atoms with Crippen LogP contribution in [0.15, 0.2) is 60.8 Å². The fourth-order valence-electron chi connectivity index (χ4n) is 3.57. The lowest BCUT2D eigenvalue weighted by Gasteiger charge is -2.14. The van der Waals surface area contributed by atoms with Gasteiger partial charge in [-0.2, -0.15) is 0 Å². The lowest BCUT2D eigenvalue weighted by Crippen LogP contribution is -2.24. The minimum atomic E-state index is -0.494. The quantitative estimate of drug-likeness (QED) is 0.408. The van der Waals surface area contributed by atoms with Crippen LogP contribution in [0.2, 0.25) is 0 Å². The van der Waals surface area contributed by atoms with Crippen molar-refractivity contribution in [1.82, 2.24) is 10.3 Å². The van der Waals surface area contributed by atoms with Crippen LogP contribution in [0.4, 0.5) is 4.39 Å². The molecule has 3 aromatic rings. The van der Waals surface area contributed by atoms with Gasteiger partial charge in [-0.15, -0.1) is 0 Å². The number of amides is 1. The van der Waals surface area contributed by atoms with E-state index >= 15 is 0 Å². The summed E-state index contributed by atoms with van der Waals surface area (Å²) in [5, 5.41) is 2.83. The van der Waals surface area contributed by atoms with Crippen molar-refractivity contribution in [2.45, 2.75) is 26.3 Å². The maximum Gasteiger partial charge on any atom is 0.257 e. The number of rotatable bonds is 10. The van der Waals surface area contributed by atoms with Gasteiger partial charge in [0, 0.05) is 18.3 Å². The van der Waals surface area contributed by atoms with Crippen molar-refractivity contribution >= 4 is 17.8 Å². The Kier molecular flexibility index (Phi) is 7.55. The molecule has 0 atom stereocenters. The average Bonchev–Trinajstić information content (AvgIpc) is 3.69. The van der Waals surface area contributed by atoms with Gasteiger partial charge >= 0.3 is 0 Å². The van der Waals surface area contributed by atoms with E-state index < -0.39 is 5.82 Å². The molecule has 2 aromatic carbocycles. The SMILES string of the molecule is COc1ccc(CNC(=O)c2cc(-c3ccccc3/C=C/C(C)=O)cnc2OCC2CC2)cc1F. The van der Waals surface area contributed by atoms with Gasteiger partial charge in [0.2, 0.25) is 5.88 Å². The van der Waals surface area contributed by atoms with Gasteiger partial charge in [-0.05, 0) is 66.6 Å². The number of halogens is 1. The molecule has 1 amide bonds. The topological polar surface area (TPSA) is 77.5 Å². The molecule has 4 rings (SSSR count). The van der Waals surface area contributed by atoms with Crippen LogP contribution in [-0.4, -0.2) is 30.4 Å². The van der Waals surface area contributed by atoms with E-state index in [4.69, 9.17) is 9.47 Å². The Morgan fingerprint density at radius 1 is 1.17 bits per heavy atom. The molecule has 0 aliphatic heterocycles. The zero-order chi connectivity index (χ0) is 24.8. The molecule has 35 heavy (non-hydrogen) atoms. The smallest absolute Gasteiger partial charge is 0.257 e. The molecule has 1 aliphatic rings. The second kappa shape index (κ2) is 11.0. The molecule has 0 saturated heterocycles. The second-order valence-electron chi connectivity index (χ2n) is 8.51. The predicted octanol–water partition coefficient (Wildman–Crippen LogP) is 5.22. The molecular weight excluding hydrogens is 447 g/mol. The molecule has 1 heterocycles. The van der Waals surface area contributed by atoms with Crippen LogP contribution in [0.1, 0.15) is 41.3 Å². The molecular formula is C28H27FN2O4. The number of nitrogens with one attached hydrogen (secondary N) is 1. The first-order valence-electron chi connectivity index (χ1n) is 11.5. The molecule has 1 fully saturated rings. The minimum absolute atomic E-state index is 0.0585. The van der Waals surface area contributed by atoms with Gasteiger partial charge in [-0.1, -0.05) is 36.4 Å². The van der Waals surface area contributed by atoms with Gasteiger partial charge in [0.25, 0.3) is 5.91 Å². The number of hydrogen-bond donors (Lipinski definition) is 1. The van der Waals surface area contributed by atoms with Crippen LogP contribution in [-0.2, 0) is 11.3 Å². The number of ether oxygens (including phenoxy) is 2. The number of pyridine rings is 1. The summed E-state index contributed by atoms with van der Waals surface area (Å²) >= 11 is 0. The number of carbonyl (C=O) groups is 2. The molecule has 180 valence electrons. The van der Waals surface area contributed by atoms with E-state index in [1.165, 1.54) is 32.2 Å². The maximum atomic E-state index is 14.0. The van der Waals surface area contributed by atoms with Crippen LogP contribution in [0.25, 0.3) is 17.2 Å². The Morgan fingerprint density at radius 2 is 1.97 bits per heavy atom. The van der Waals surface area contributed by atoms with E-state index in [0.29, 0.717) is 29.2 Å². The number of hydrogen-bond acceptors (Lipinski definition) is 5. The van der Waals surface area contributed by atoms with Crippen molar-refractivity contribution in [3.63, 3.8) is 0 Å². The summed E-state index contributed by atoms with van der Waals surface area (Å²) in [7, 11) is 1.40. The largest absolute Gasteiger partial charge is 0.494 e. The Bertz CT molecular complexity index is 1270. The number of aromatic nitrogens is 1. The first-order valence-corrected chi connectivity index (χ1v) is 11.5. The number of allylic oxidation sites excluding steroid dienone is 1. The standard InChI is InChI=1S/C28H27FN2O4/c1-18(32)7-11-21-5-3-4-6-23(21)22-14-24(28(31-16-22)35-17-19-8-9-19)27(33)30-15-20-10-12-26(34-2)25(29)13-20/h3-7,10-14,16,19H,8-9,15,17H2,1-2H3,(H,30,33)/b11-7+. The van der Waals surface area contributed by atoms with E-state index in [1.807, 2.05) is 24.3 Å². The Labute approximate surface area is 203 Å². The summed E-state index contributed by atoms with van der Waals surface area (Å²) in [6.45, 7) is 2.13.